The molecule has 0 saturated carbocycles. The van der Waals surface area contributed by atoms with E-state index in [1.54, 1.807) is 24.0 Å². The zero-order valence-electron chi connectivity index (χ0n) is 23.3. The van der Waals surface area contributed by atoms with Crippen LogP contribution in [0.25, 0.3) is 21.5 Å². The molecule has 0 aromatic heterocycles. The summed E-state index contributed by atoms with van der Waals surface area (Å²) >= 11 is 0. The highest BCUT2D eigenvalue weighted by Crippen LogP contribution is 2.24. The molecule has 214 valence electrons. The van der Waals surface area contributed by atoms with Crippen molar-refractivity contribution in [3.8, 4) is 0 Å². The van der Waals surface area contributed by atoms with Crippen LogP contribution in [0, 0.1) is 0 Å². The molecule has 42 heavy (non-hydrogen) atoms. The molecule has 0 aliphatic heterocycles. The Morgan fingerprint density at radius 1 is 0.714 bits per heavy atom. The summed E-state index contributed by atoms with van der Waals surface area (Å²) in [6.45, 7) is 2.74. The second kappa shape index (κ2) is 13.8. The summed E-state index contributed by atoms with van der Waals surface area (Å²) in [6, 6.07) is 31.9. The van der Waals surface area contributed by atoms with Gasteiger partial charge < -0.3 is 26.2 Å². The van der Waals surface area contributed by atoms with E-state index in [1.165, 1.54) is 0 Å². The molecule has 0 saturated heterocycles. The second-order valence-corrected chi connectivity index (χ2v) is 9.65. The summed E-state index contributed by atoms with van der Waals surface area (Å²) < 4.78 is 5.01. The van der Waals surface area contributed by atoms with Crippen LogP contribution in [0.15, 0.2) is 103 Å². The summed E-state index contributed by atoms with van der Waals surface area (Å²) in [5, 5.41) is 12.6. The number of benzene rings is 5. The zero-order valence-corrected chi connectivity index (χ0v) is 23.3. The molecule has 0 aliphatic carbocycles. The molecule has 1 amide bonds. The number of esters is 1. The largest absolute Gasteiger partial charge is 0.478 e. The highest BCUT2D eigenvalue weighted by molar-refractivity contribution is 6.04. The van der Waals surface area contributed by atoms with Crippen LogP contribution in [0.5, 0.6) is 0 Å². The lowest BCUT2D eigenvalue weighted by molar-refractivity contribution is -0.143. The first-order valence-electron chi connectivity index (χ1n) is 13.6. The van der Waals surface area contributed by atoms with Crippen molar-refractivity contribution in [2.75, 3.05) is 24.6 Å². The van der Waals surface area contributed by atoms with Crippen LogP contribution < -0.4 is 11.5 Å². The lowest BCUT2D eigenvalue weighted by Crippen LogP contribution is -2.33. The molecule has 5 aromatic rings. The maximum atomic E-state index is 13.3. The molecule has 0 atom stereocenters. The van der Waals surface area contributed by atoms with Gasteiger partial charge >= 0.3 is 11.9 Å². The van der Waals surface area contributed by atoms with Gasteiger partial charge in [0.25, 0.3) is 5.91 Å². The lowest BCUT2D eigenvalue weighted by Gasteiger charge is -2.23. The summed E-state index contributed by atoms with van der Waals surface area (Å²) in [7, 11) is 0. The summed E-state index contributed by atoms with van der Waals surface area (Å²) in [6.07, 6.45) is 0.139. The second-order valence-electron chi connectivity index (χ2n) is 9.65. The molecule has 8 nitrogen and oxygen atoms in total. The van der Waals surface area contributed by atoms with Gasteiger partial charge in [0, 0.05) is 24.5 Å². The zero-order chi connectivity index (χ0) is 30.1. The van der Waals surface area contributed by atoms with Gasteiger partial charge in [-0.1, -0.05) is 78.9 Å². The molecule has 0 radical (unpaired) electrons. The predicted molar refractivity (Wildman–Crippen MR) is 166 cm³/mol. The van der Waals surface area contributed by atoms with Crippen molar-refractivity contribution < 1.29 is 24.2 Å². The van der Waals surface area contributed by atoms with Crippen molar-refractivity contribution >= 4 is 50.8 Å². The van der Waals surface area contributed by atoms with E-state index < -0.39 is 5.97 Å². The number of aromatic carboxylic acids is 1. The minimum absolute atomic E-state index is 0.139. The number of nitrogen functional groups attached to an aromatic ring is 2. The minimum atomic E-state index is -0.992. The van der Waals surface area contributed by atoms with Crippen molar-refractivity contribution in [3.05, 3.63) is 120 Å². The van der Waals surface area contributed by atoms with E-state index in [0.29, 0.717) is 30.1 Å². The molecular weight excluding hydrogens is 530 g/mol. The number of anilines is 2. The Morgan fingerprint density at radius 2 is 1.19 bits per heavy atom. The Bertz CT molecular complexity index is 1720. The monoisotopic (exact) mass is 563 g/mol. The molecular formula is C34H33N3O5. The maximum Gasteiger partial charge on any atom is 0.337 e. The quantitative estimate of drug-likeness (QED) is 0.152. The molecule has 5 aromatic carbocycles. The molecule has 0 fully saturated rings. The number of fused-ring (bicyclic) bond motifs is 2. The Hall–Kier alpha value is -5.37. The number of carboxylic acid groups (broad SMARTS) is 1. The van der Waals surface area contributed by atoms with Crippen molar-refractivity contribution in [1.82, 2.24) is 4.90 Å². The van der Waals surface area contributed by atoms with E-state index in [0.717, 1.165) is 27.1 Å². The van der Waals surface area contributed by atoms with Crippen LogP contribution in [-0.4, -0.2) is 41.0 Å². The number of carbonyl (C=O) groups is 3. The average Bonchev–Trinajstić information content (AvgIpc) is 2.99. The van der Waals surface area contributed by atoms with E-state index in [-0.39, 0.29) is 30.4 Å². The smallest absolute Gasteiger partial charge is 0.337 e. The van der Waals surface area contributed by atoms with Crippen molar-refractivity contribution in [2.45, 2.75) is 19.9 Å². The van der Waals surface area contributed by atoms with E-state index in [2.05, 4.69) is 0 Å². The average molecular weight is 564 g/mol. The molecule has 0 spiro atoms. The van der Waals surface area contributed by atoms with Gasteiger partial charge in [0.2, 0.25) is 0 Å². The number of hydrogen-bond acceptors (Lipinski definition) is 6. The lowest BCUT2D eigenvalue weighted by atomic mass is 10.0. The molecule has 8 heteroatoms. The molecule has 5 N–H and O–H groups in total. The van der Waals surface area contributed by atoms with E-state index in [1.807, 2.05) is 91.0 Å². The molecule has 0 unspecified atom stereocenters. The topological polar surface area (TPSA) is 136 Å². The van der Waals surface area contributed by atoms with Gasteiger partial charge in [-0.3, -0.25) is 9.59 Å². The molecule has 0 bridgehead atoms. The van der Waals surface area contributed by atoms with Crippen LogP contribution in [0.1, 0.15) is 39.6 Å². The predicted octanol–water partition coefficient (Wildman–Crippen LogP) is 6.14. The first-order chi connectivity index (χ1) is 20.3. The summed E-state index contributed by atoms with van der Waals surface area (Å²) in [5.41, 5.74) is 14.1. The van der Waals surface area contributed by atoms with Crippen LogP contribution in [0.4, 0.5) is 11.4 Å². The molecule has 0 heterocycles. The normalized spacial score (nSPS) is 10.5. The number of hydrogen-bond donors (Lipinski definition) is 3. The number of ether oxygens (including phenoxy) is 1. The summed E-state index contributed by atoms with van der Waals surface area (Å²) in [5.74, 6) is -1.51. The first-order valence-corrected chi connectivity index (χ1v) is 13.6. The van der Waals surface area contributed by atoms with Crippen LogP contribution in [-0.2, 0) is 16.1 Å². The number of carbonyl (C=O) groups excluding carboxylic acids is 2. The first kappa shape index (κ1) is 29.6. The van der Waals surface area contributed by atoms with Gasteiger partial charge in [-0.05, 0) is 58.3 Å². The van der Waals surface area contributed by atoms with Gasteiger partial charge in [0.15, 0.2) is 0 Å². The maximum absolute atomic E-state index is 13.3. The van der Waals surface area contributed by atoms with Crippen LogP contribution >= 0.6 is 0 Å². The van der Waals surface area contributed by atoms with Gasteiger partial charge in [0.05, 0.1) is 24.2 Å². The standard InChI is InChI=1S/C23H24N2O3.C11H9NO2/c1-2-28-22(26)12-13-25(16-17-8-4-3-5-9-17)23(27)20-14-18-10-6-7-11-19(18)15-21(20)24;12-10-6-8-4-2-1-3-7(8)5-9(10)11(13)14/h3-11,14-15H,2,12-13,16,24H2,1H3;1-6H,12H2,(H,13,14). The Labute approximate surface area is 244 Å². The Balaban J connectivity index is 0.000000241. The third-order valence-electron chi connectivity index (χ3n) is 6.69. The number of nitrogens with zero attached hydrogens (tertiary/aromatic N) is 1. The third kappa shape index (κ3) is 7.42. The SMILES string of the molecule is CCOC(=O)CCN(Cc1ccccc1)C(=O)c1cc2ccccc2cc1N.Nc1cc2ccccc2cc1C(=O)O. The van der Waals surface area contributed by atoms with Gasteiger partial charge in [-0.25, -0.2) is 4.79 Å². The third-order valence-corrected chi connectivity index (χ3v) is 6.69. The van der Waals surface area contributed by atoms with E-state index in [4.69, 9.17) is 21.3 Å². The number of carboxylic acids is 1. The van der Waals surface area contributed by atoms with Crippen molar-refractivity contribution in [1.29, 1.82) is 0 Å². The number of amides is 1. The van der Waals surface area contributed by atoms with Gasteiger partial charge in [-0.15, -0.1) is 0 Å². The fourth-order valence-electron chi connectivity index (χ4n) is 4.57. The van der Waals surface area contributed by atoms with Gasteiger partial charge in [-0.2, -0.15) is 0 Å². The molecule has 0 aliphatic rings. The highest BCUT2D eigenvalue weighted by atomic mass is 16.5. The number of rotatable bonds is 8. The summed E-state index contributed by atoms with van der Waals surface area (Å²) in [4.78, 5) is 37.5. The van der Waals surface area contributed by atoms with E-state index >= 15 is 0 Å². The van der Waals surface area contributed by atoms with Crippen LogP contribution in [0.2, 0.25) is 0 Å². The minimum Gasteiger partial charge on any atom is -0.478 e. The highest BCUT2D eigenvalue weighted by Gasteiger charge is 2.20. The van der Waals surface area contributed by atoms with Crippen molar-refractivity contribution in [3.63, 3.8) is 0 Å². The Kier molecular flexibility index (Phi) is 9.73. The van der Waals surface area contributed by atoms with Crippen LogP contribution in [0.3, 0.4) is 0 Å². The molecule has 5 rings (SSSR count). The Morgan fingerprint density at radius 3 is 1.71 bits per heavy atom. The van der Waals surface area contributed by atoms with E-state index in [9.17, 15) is 14.4 Å². The fraction of sp³-hybridized carbons (Fsp3) is 0.147. The van der Waals surface area contributed by atoms with Crippen molar-refractivity contribution in [2.24, 2.45) is 0 Å². The number of nitrogens with two attached hydrogens (primary N) is 2. The van der Waals surface area contributed by atoms with Gasteiger partial charge in [0.1, 0.15) is 0 Å². The fourth-order valence-corrected chi connectivity index (χ4v) is 4.57.